The summed E-state index contributed by atoms with van der Waals surface area (Å²) in [6.45, 7) is 2.17. The maximum atomic E-state index is 11.9. The fourth-order valence-electron chi connectivity index (χ4n) is 1.75. The van der Waals surface area contributed by atoms with Gasteiger partial charge in [-0.3, -0.25) is 9.48 Å². The Kier molecular flexibility index (Phi) is 3.79. The molecule has 0 saturated heterocycles. The van der Waals surface area contributed by atoms with E-state index in [1.165, 1.54) is 0 Å². The molecule has 0 atom stereocenters. The van der Waals surface area contributed by atoms with Gasteiger partial charge in [0.25, 0.3) is 5.91 Å². The molecule has 1 aromatic heterocycles. The summed E-state index contributed by atoms with van der Waals surface area (Å²) in [7, 11) is 1.80. The lowest BCUT2D eigenvalue weighted by Crippen LogP contribution is -2.26. The van der Waals surface area contributed by atoms with Crippen molar-refractivity contribution in [2.45, 2.75) is 13.3 Å². The van der Waals surface area contributed by atoms with Crippen LogP contribution >= 0.6 is 0 Å². The Morgan fingerprint density at radius 3 is 2.95 bits per heavy atom. The van der Waals surface area contributed by atoms with Crippen LogP contribution in [0, 0.1) is 6.92 Å². The highest BCUT2D eigenvalue weighted by molar-refractivity contribution is 5.96. The average molecular weight is 260 g/mol. The molecule has 2 rings (SSSR count). The highest BCUT2D eigenvalue weighted by Gasteiger charge is 2.10. The number of aryl methyl sites for hydroxylation is 1. The van der Waals surface area contributed by atoms with Crippen molar-refractivity contribution in [3.8, 4) is 5.75 Å². The largest absolute Gasteiger partial charge is 0.508 e. The first-order chi connectivity index (χ1) is 9.08. The standard InChI is InChI=1S/C13H16N4O2/c1-9-10(4-3-5-11(9)18)13(19)14-7-6-12-15-8-17(2)16-12/h3-5,8,18H,6-7H2,1-2H3,(H,14,19). The number of hydrogen-bond donors (Lipinski definition) is 2. The Morgan fingerprint density at radius 2 is 2.26 bits per heavy atom. The number of amides is 1. The topological polar surface area (TPSA) is 80.0 Å². The van der Waals surface area contributed by atoms with Crippen molar-refractivity contribution in [2.24, 2.45) is 7.05 Å². The second kappa shape index (κ2) is 5.51. The summed E-state index contributed by atoms with van der Waals surface area (Å²) in [6.07, 6.45) is 2.20. The van der Waals surface area contributed by atoms with Gasteiger partial charge in [-0.15, -0.1) is 0 Å². The Bertz CT molecular complexity index is 592. The van der Waals surface area contributed by atoms with Gasteiger partial charge < -0.3 is 10.4 Å². The average Bonchev–Trinajstić information content (AvgIpc) is 2.78. The lowest BCUT2D eigenvalue weighted by molar-refractivity contribution is 0.0953. The third-order valence-electron chi connectivity index (χ3n) is 2.83. The van der Waals surface area contributed by atoms with Gasteiger partial charge in [0.15, 0.2) is 5.82 Å². The highest BCUT2D eigenvalue weighted by Crippen LogP contribution is 2.19. The summed E-state index contributed by atoms with van der Waals surface area (Å²) in [5.74, 6) is 0.610. The number of phenolic OH excluding ortho intramolecular Hbond substituents is 1. The van der Waals surface area contributed by atoms with E-state index in [1.807, 2.05) is 0 Å². The van der Waals surface area contributed by atoms with E-state index >= 15 is 0 Å². The van der Waals surface area contributed by atoms with E-state index < -0.39 is 0 Å². The zero-order chi connectivity index (χ0) is 13.8. The number of rotatable bonds is 4. The van der Waals surface area contributed by atoms with Crippen LogP contribution in [0.25, 0.3) is 0 Å². The van der Waals surface area contributed by atoms with Crippen molar-refractivity contribution in [3.63, 3.8) is 0 Å². The van der Waals surface area contributed by atoms with E-state index in [9.17, 15) is 9.90 Å². The van der Waals surface area contributed by atoms with Crippen LogP contribution in [-0.4, -0.2) is 32.3 Å². The molecule has 1 heterocycles. The summed E-state index contributed by atoms with van der Waals surface area (Å²) in [4.78, 5) is 16.0. The first-order valence-electron chi connectivity index (χ1n) is 5.99. The van der Waals surface area contributed by atoms with E-state index in [0.717, 1.165) is 0 Å². The highest BCUT2D eigenvalue weighted by atomic mass is 16.3. The van der Waals surface area contributed by atoms with Gasteiger partial charge in [0.1, 0.15) is 12.1 Å². The Morgan fingerprint density at radius 1 is 1.47 bits per heavy atom. The first kappa shape index (κ1) is 13.1. The van der Waals surface area contributed by atoms with Crippen LogP contribution in [0.5, 0.6) is 5.75 Å². The minimum absolute atomic E-state index is 0.124. The molecule has 6 nitrogen and oxygen atoms in total. The Labute approximate surface area is 111 Å². The molecule has 100 valence electrons. The second-order valence-corrected chi connectivity index (χ2v) is 4.29. The van der Waals surface area contributed by atoms with Gasteiger partial charge in [0.2, 0.25) is 0 Å². The second-order valence-electron chi connectivity index (χ2n) is 4.29. The summed E-state index contributed by atoms with van der Waals surface area (Å²) < 4.78 is 1.62. The van der Waals surface area contributed by atoms with Crippen molar-refractivity contribution < 1.29 is 9.90 Å². The number of nitrogens with one attached hydrogen (secondary N) is 1. The lowest BCUT2D eigenvalue weighted by Gasteiger charge is -2.07. The smallest absolute Gasteiger partial charge is 0.251 e. The number of phenols is 1. The van der Waals surface area contributed by atoms with E-state index in [1.54, 1.807) is 43.2 Å². The molecular formula is C13H16N4O2. The van der Waals surface area contributed by atoms with Crippen molar-refractivity contribution in [1.29, 1.82) is 0 Å². The molecule has 2 aromatic rings. The van der Waals surface area contributed by atoms with Gasteiger partial charge in [-0.2, -0.15) is 5.10 Å². The maximum Gasteiger partial charge on any atom is 0.251 e. The Balaban J connectivity index is 1.93. The van der Waals surface area contributed by atoms with Crippen LogP contribution in [-0.2, 0) is 13.5 Å². The predicted molar refractivity (Wildman–Crippen MR) is 69.9 cm³/mol. The van der Waals surface area contributed by atoms with Crippen LogP contribution in [0.2, 0.25) is 0 Å². The molecule has 19 heavy (non-hydrogen) atoms. The SMILES string of the molecule is Cc1c(O)cccc1C(=O)NCCc1ncn(C)n1. The van der Waals surface area contributed by atoms with Gasteiger partial charge in [0, 0.05) is 31.1 Å². The van der Waals surface area contributed by atoms with Gasteiger partial charge >= 0.3 is 0 Å². The number of nitrogens with zero attached hydrogens (tertiary/aromatic N) is 3. The number of aromatic hydroxyl groups is 1. The third-order valence-corrected chi connectivity index (χ3v) is 2.83. The zero-order valence-electron chi connectivity index (χ0n) is 10.9. The molecule has 6 heteroatoms. The monoisotopic (exact) mass is 260 g/mol. The molecule has 0 spiro atoms. The summed E-state index contributed by atoms with van der Waals surface area (Å²) in [5.41, 5.74) is 1.06. The number of carbonyl (C=O) groups is 1. The lowest BCUT2D eigenvalue weighted by atomic mass is 10.1. The molecule has 0 aliphatic rings. The summed E-state index contributed by atoms with van der Waals surface area (Å²) in [6, 6.07) is 4.89. The van der Waals surface area contributed by atoms with Crippen molar-refractivity contribution in [3.05, 3.63) is 41.5 Å². The predicted octanol–water partition coefficient (Wildman–Crippen LogP) is 0.802. The molecule has 0 aliphatic carbocycles. The molecule has 2 N–H and O–H groups in total. The molecule has 0 radical (unpaired) electrons. The molecule has 0 saturated carbocycles. The van der Waals surface area contributed by atoms with Crippen LogP contribution in [0.1, 0.15) is 21.7 Å². The molecular weight excluding hydrogens is 244 g/mol. The van der Waals surface area contributed by atoms with Crippen molar-refractivity contribution >= 4 is 5.91 Å². The fraction of sp³-hybridized carbons (Fsp3) is 0.308. The summed E-state index contributed by atoms with van der Waals surface area (Å²) in [5, 5.41) is 16.5. The molecule has 0 aliphatic heterocycles. The number of hydrogen-bond acceptors (Lipinski definition) is 4. The van der Waals surface area contributed by atoms with Crippen LogP contribution in [0.3, 0.4) is 0 Å². The maximum absolute atomic E-state index is 11.9. The quantitative estimate of drug-likeness (QED) is 0.852. The summed E-state index contributed by atoms with van der Waals surface area (Å²) >= 11 is 0. The zero-order valence-corrected chi connectivity index (χ0v) is 10.9. The minimum Gasteiger partial charge on any atom is -0.508 e. The van der Waals surface area contributed by atoms with Gasteiger partial charge in [-0.05, 0) is 19.1 Å². The third kappa shape index (κ3) is 3.09. The van der Waals surface area contributed by atoms with Crippen LogP contribution < -0.4 is 5.32 Å². The van der Waals surface area contributed by atoms with E-state index in [-0.39, 0.29) is 11.7 Å². The minimum atomic E-state index is -0.204. The normalized spacial score (nSPS) is 10.4. The van der Waals surface area contributed by atoms with Crippen LogP contribution in [0.4, 0.5) is 0 Å². The van der Waals surface area contributed by atoms with Crippen molar-refractivity contribution in [1.82, 2.24) is 20.1 Å². The van der Waals surface area contributed by atoms with E-state index in [2.05, 4.69) is 15.4 Å². The van der Waals surface area contributed by atoms with E-state index in [4.69, 9.17) is 0 Å². The molecule has 0 fully saturated rings. The molecule has 0 unspecified atom stereocenters. The van der Waals surface area contributed by atoms with Crippen molar-refractivity contribution in [2.75, 3.05) is 6.54 Å². The van der Waals surface area contributed by atoms with Gasteiger partial charge in [-0.1, -0.05) is 6.07 Å². The number of aromatic nitrogens is 3. The fourth-order valence-corrected chi connectivity index (χ4v) is 1.75. The first-order valence-corrected chi connectivity index (χ1v) is 5.99. The number of benzene rings is 1. The van der Waals surface area contributed by atoms with Gasteiger partial charge in [0.05, 0.1) is 0 Å². The van der Waals surface area contributed by atoms with Gasteiger partial charge in [-0.25, -0.2) is 4.98 Å². The molecule has 1 aromatic carbocycles. The van der Waals surface area contributed by atoms with Crippen LogP contribution in [0.15, 0.2) is 24.5 Å². The van der Waals surface area contributed by atoms with E-state index in [0.29, 0.717) is 29.9 Å². The Hall–Kier alpha value is -2.37. The number of carbonyl (C=O) groups excluding carboxylic acids is 1. The molecule has 0 bridgehead atoms. The molecule has 1 amide bonds.